The molecule has 2 rings (SSSR count). The number of hydrogen-bond donors (Lipinski definition) is 3. The molecule has 4 N–H and O–H groups in total. The Kier molecular flexibility index (Phi) is 8.45. The van der Waals surface area contributed by atoms with E-state index >= 15 is 0 Å². The van der Waals surface area contributed by atoms with Gasteiger partial charge in [0.25, 0.3) is 5.91 Å². The van der Waals surface area contributed by atoms with Crippen molar-refractivity contribution in [1.29, 1.82) is 0 Å². The van der Waals surface area contributed by atoms with Gasteiger partial charge in [-0.05, 0) is 42.8 Å². The zero-order chi connectivity index (χ0) is 22.1. The number of amides is 3. The number of nitrogens with one attached hydrogen (secondary N) is 2. The Morgan fingerprint density at radius 3 is 2.57 bits per heavy atom. The highest BCUT2D eigenvalue weighted by atomic mass is 35.5. The van der Waals surface area contributed by atoms with E-state index in [0.29, 0.717) is 23.7 Å². The van der Waals surface area contributed by atoms with Gasteiger partial charge in [0.15, 0.2) is 18.1 Å². The third kappa shape index (κ3) is 6.64. The lowest BCUT2D eigenvalue weighted by Crippen LogP contribution is -2.32. The number of carbonyl (C=O) groups is 3. The van der Waals surface area contributed by atoms with Crippen molar-refractivity contribution in [3.63, 3.8) is 0 Å². The van der Waals surface area contributed by atoms with Crippen LogP contribution >= 0.6 is 23.2 Å². The molecule has 0 saturated heterocycles. The molecule has 2 aromatic carbocycles. The Bertz CT molecular complexity index is 981. The van der Waals surface area contributed by atoms with Crippen LogP contribution in [0.1, 0.15) is 12.5 Å². The second-order valence-electron chi connectivity index (χ2n) is 5.65. The van der Waals surface area contributed by atoms with Crippen molar-refractivity contribution in [2.24, 2.45) is 10.8 Å². The van der Waals surface area contributed by atoms with Crippen LogP contribution in [0.2, 0.25) is 10.0 Å². The third-order valence-electron chi connectivity index (χ3n) is 3.42. The van der Waals surface area contributed by atoms with Crippen LogP contribution < -0.4 is 25.9 Å². The quantitative estimate of drug-likeness (QED) is 0.321. The fraction of sp³-hybridized carbons (Fsp3) is 0.158. The first-order valence-corrected chi connectivity index (χ1v) is 9.33. The summed E-state index contributed by atoms with van der Waals surface area (Å²) in [5.41, 5.74) is 7.91. The van der Waals surface area contributed by atoms with Crippen LogP contribution in [0.4, 0.5) is 5.69 Å². The lowest BCUT2D eigenvalue weighted by Gasteiger charge is -2.11. The number of primary amides is 1. The van der Waals surface area contributed by atoms with Gasteiger partial charge in [-0.25, -0.2) is 5.43 Å². The molecular weight excluding hydrogens is 435 g/mol. The van der Waals surface area contributed by atoms with Gasteiger partial charge in [-0.15, -0.1) is 0 Å². The van der Waals surface area contributed by atoms with E-state index in [9.17, 15) is 14.4 Å². The van der Waals surface area contributed by atoms with Crippen molar-refractivity contribution in [3.8, 4) is 11.5 Å². The summed E-state index contributed by atoms with van der Waals surface area (Å²) in [6, 6.07) is 9.38. The molecule has 0 aromatic heterocycles. The molecule has 0 bridgehead atoms. The molecule has 9 nitrogen and oxygen atoms in total. The summed E-state index contributed by atoms with van der Waals surface area (Å²) in [6.07, 6.45) is 1.30. The van der Waals surface area contributed by atoms with Gasteiger partial charge in [0.1, 0.15) is 0 Å². The Hall–Kier alpha value is -3.30. The average molecular weight is 453 g/mol. The van der Waals surface area contributed by atoms with Crippen molar-refractivity contribution in [2.45, 2.75) is 6.92 Å². The minimum atomic E-state index is -1.01. The normalized spacial score (nSPS) is 10.5. The maximum Gasteiger partial charge on any atom is 0.329 e. The summed E-state index contributed by atoms with van der Waals surface area (Å²) in [6.45, 7) is 1.84. The molecule has 0 atom stereocenters. The third-order valence-corrected chi connectivity index (χ3v) is 4.24. The molecule has 0 radical (unpaired) electrons. The maximum absolute atomic E-state index is 12.0. The number of benzene rings is 2. The van der Waals surface area contributed by atoms with Crippen molar-refractivity contribution in [1.82, 2.24) is 5.43 Å². The Labute approximate surface area is 182 Å². The number of hydrogen-bond acceptors (Lipinski definition) is 6. The molecular formula is C19H18Cl2N4O5. The van der Waals surface area contributed by atoms with Gasteiger partial charge < -0.3 is 20.5 Å². The van der Waals surface area contributed by atoms with Gasteiger partial charge in [0.05, 0.1) is 28.6 Å². The lowest BCUT2D eigenvalue weighted by molar-refractivity contribution is -0.136. The summed E-state index contributed by atoms with van der Waals surface area (Å²) in [5.74, 6) is -1.91. The SMILES string of the molecule is CCOc1cc(/C=N/NC(=O)C(=O)Nc2cccc(Cl)c2Cl)ccc1OCC(N)=O. The van der Waals surface area contributed by atoms with E-state index in [1.165, 1.54) is 12.3 Å². The van der Waals surface area contributed by atoms with E-state index in [2.05, 4.69) is 15.8 Å². The van der Waals surface area contributed by atoms with Gasteiger partial charge in [0.2, 0.25) is 0 Å². The van der Waals surface area contributed by atoms with Crippen molar-refractivity contribution in [3.05, 3.63) is 52.0 Å². The predicted octanol–water partition coefficient (Wildman–Crippen LogP) is 2.34. The van der Waals surface area contributed by atoms with Crippen LogP contribution in [0, 0.1) is 0 Å². The van der Waals surface area contributed by atoms with Crippen molar-refractivity contribution >= 4 is 52.8 Å². The molecule has 30 heavy (non-hydrogen) atoms. The number of halogens is 2. The fourth-order valence-electron chi connectivity index (χ4n) is 2.14. The van der Waals surface area contributed by atoms with E-state index in [-0.39, 0.29) is 22.3 Å². The minimum absolute atomic E-state index is 0.117. The van der Waals surface area contributed by atoms with E-state index < -0.39 is 17.7 Å². The zero-order valence-corrected chi connectivity index (χ0v) is 17.3. The van der Waals surface area contributed by atoms with Gasteiger partial charge in [-0.2, -0.15) is 5.10 Å². The summed E-state index contributed by atoms with van der Waals surface area (Å²) in [5, 5.41) is 6.43. The monoisotopic (exact) mass is 452 g/mol. The highest BCUT2D eigenvalue weighted by Gasteiger charge is 2.15. The largest absolute Gasteiger partial charge is 0.490 e. The molecule has 0 spiro atoms. The average Bonchev–Trinajstić information content (AvgIpc) is 2.70. The summed E-state index contributed by atoms with van der Waals surface area (Å²) in [7, 11) is 0. The van der Waals surface area contributed by atoms with Crippen LogP contribution in [0.3, 0.4) is 0 Å². The lowest BCUT2D eigenvalue weighted by atomic mass is 10.2. The molecule has 0 aliphatic rings. The topological polar surface area (TPSA) is 132 Å². The van der Waals surface area contributed by atoms with Gasteiger partial charge in [-0.1, -0.05) is 29.3 Å². The Morgan fingerprint density at radius 1 is 1.10 bits per heavy atom. The van der Waals surface area contributed by atoms with Crippen LogP contribution in [-0.2, 0) is 14.4 Å². The second kappa shape index (κ2) is 11.0. The first kappa shape index (κ1) is 23.0. The summed E-state index contributed by atoms with van der Waals surface area (Å²) < 4.78 is 10.7. The highest BCUT2D eigenvalue weighted by Crippen LogP contribution is 2.29. The Balaban J connectivity index is 2.00. The number of carbonyl (C=O) groups excluding carboxylic acids is 3. The molecule has 0 heterocycles. The first-order chi connectivity index (χ1) is 14.3. The standard InChI is InChI=1S/C19H18Cl2N4O5/c1-2-29-15-8-11(6-7-14(15)30-10-16(22)26)9-23-25-19(28)18(27)24-13-5-3-4-12(20)17(13)21/h3-9H,2,10H2,1H3,(H2,22,26)(H,24,27)(H,25,28)/b23-9+. The second-order valence-corrected chi connectivity index (χ2v) is 6.43. The van der Waals surface area contributed by atoms with E-state index in [1.807, 2.05) is 0 Å². The maximum atomic E-state index is 12.0. The molecule has 3 amide bonds. The number of hydrazone groups is 1. The molecule has 0 aliphatic heterocycles. The smallest absolute Gasteiger partial charge is 0.329 e. The predicted molar refractivity (Wildman–Crippen MR) is 113 cm³/mol. The van der Waals surface area contributed by atoms with Crippen molar-refractivity contribution in [2.75, 3.05) is 18.5 Å². The van der Waals surface area contributed by atoms with Crippen molar-refractivity contribution < 1.29 is 23.9 Å². The summed E-state index contributed by atoms with van der Waals surface area (Å²) >= 11 is 11.8. The molecule has 11 heteroatoms. The van der Waals surface area contributed by atoms with E-state index in [1.54, 1.807) is 37.3 Å². The van der Waals surface area contributed by atoms with E-state index in [0.717, 1.165) is 0 Å². The Morgan fingerprint density at radius 2 is 1.87 bits per heavy atom. The van der Waals surface area contributed by atoms with Crippen LogP contribution in [0.5, 0.6) is 11.5 Å². The molecule has 2 aromatic rings. The molecule has 0 saturated carbocycles. The molecule has 0 unspecified atom stereocenters. The molecule has 0 aliphatic carbocycles. The van der Waals surface area contributed by atoms with Crippen LogP contribution in [0.15, 0.2) is 41.5 Å². The van der Waals surface area contributed by atoms with E-state index in [4.69, 9.17) is 38.4 Å². The highest BCUT2D eigenvalue weighted by molar-refractivity contribution is 6.45. The fourth-order valence-corrected chi connectivity index (χ4v) is 2.48. The number of rotatable bonds is 8. The van der Waals surface area contributed by atoms with Gasteiger partial charge in [-0.3, -0.25) is 14.4 Å². The number of anilines is 1. The van der Waals surface area contributed by atoms with Crippen LogP contribution in [0.25, 0.3) is 0 Å². The molecule has 158 valence electrons. The molecule has 0 fully saturated rings. The van der Waals surface area contributed by atoms with Gasteiger partial charge >= 0.3 is 11.8 Å². The van der Waals surface area contributed by atoms with Gasteiger partial charge in [0, 0.05) is 0 Å². The van der Waals surface area contributed by atoms with Crippen LogP contribution in [-0.4, -0.2) is 37.1 Å². The number of nitrogens with zero attached hydrogens (tertiary/aromatic N) is 1. The minimum Gasteiger partial charge on any atom is -0.490 e. The number of nitrogens with two attached hydrogens (primary N) is 1. The zero-order valence-electron chi connectivity index (χ0n) is 15.8. The summed E-state index contributed by atoms with van der Waals surface area (Å²) in [4.78, 5) is 34.7. The number of ether oxygens (including phenoxy) is 2. The first-order valence-electron chi connectivity index (χ1n) is 8.58.